The van der Waals surface area contributed by atoms with E-state index in [1.165, 1.54) is 18.4 Å². The molecule has 0 aliphatic carbocycles. The minimum atomic E-state index is 0.271. The van der Waals surface area contributed by atoms with Crippen LogP contribution >= 0.6 is 0 Å². The molecule has 1 aliphatic rings. The standard InChI is InChI=1S/C17H28N2O/c1-5-17(6-2)13-18-14(3)11-19(17)12-15-9-7-8-10-16(15)20-4/h7-10,14,18H,5-6,11-13H2,1-4H3. The minimum Gasteiger partial charge on any atom is -0.496 e. The number of rotatable bonds is 5. The average molecular weight is 276 g/mol. The number of para-hydroxylation sites is 1. The summed E-state index contributed by atoms with van der Waals surface area (Å²) in [4.78, 5) is 2.64. The summed E-state index contributed by atoms with van der Waals surface area (Å²) in [5.41, 5.74) is 1.56. The predicted molar refractivity (Wildman–Crippen MR) is 84.2 cm³/mol. The summed E-state index contributed by atoms with van der Waals surface area (Å²) in [6, 6.07) is 8.93. The molecule has 1 fully saturated rings. The second-order valence-corrected chi connectivity index (χ2v) is 5.91. The summed E-state index contributed by atoms with van der Waals surface area (Å²) in [5, 5.41) is 3.65. The van der Waals surface area contributed by atoms with Gasteiger partial charge >= 0.3 is 0 Å². The highest BCUT2D eigenvalue weighted by atomic mass is 16.5. The Balaban J connectivity index is 2.23. The molecule has 1 unspecified atom stereocenters. The quantitative estimate of drug-likeness (QED) is 0.894. The van der Waals surface area contributed by atoms with Crippen LogP contribution in [0.5, 0.6) is 5.75 Å². The normalized spacial score (nSPS) is 22.7. The van der Waals surface area contributed by atoms with Crippen molar-refractivity contribution in [2.24, 2.45) is 0 Å². The number of benzene rings is 1. The van der Waals surface area contributed by atoms with E-state index in [2.05, 4.69) is 49.2 Å². The molecule has 0 saturated carbocycles. The van der Waals surface area contributed by atoms with Crippen LogP contribution in [0.25, 0.3) is 0 Å². The smallest absolute Gasteiger partial charge is 0.123 e. The largest absolute Gasteiger partial charge is 0.496 e. The third kappa shape index (κ3) is 2.99. The van der Waals surface area contributed by atoms with Gasteiger partial charge in [-0.2, -0.15) is 0 Å². The van der Waals surface area contributed by atoms with Crippen LogP contribution in [0.4, 0.5) is 0 Å². The maximum atomic E-state index is 5.51. The first-order chi connectivity index (χ1) is 9.65. The summed E-state index contributed by atoms with van der Waals surface area (Å²) in [5.74, 6) is 1.000. The molecule has 20 heavy (non-hydrogen) atoms. The van der Waals surface area contributed by atoms with Gasteiger partial charge in [-0.15, -0.1) is 0 Å². The van der Waals surface area contributed by atoms with Crippen molar-refractivity contribution in [2.45, 2.75) is 51.7 Å². The Morgan fingerprint density at radius 3 is 2.65 bits per heavy atom. The van der Waals surface area contributed by atoms with Gasteiger partial charge in [0, 0.05) is 36.8 Å². The topological polar surface area (TPSA) is 24.5 Å². The lowest BCUT2D eigenvalue weighted by atomic mass is 9.87. The monoisotopic (exact) mass is 276 g/mol. The summed E-state index contributed by atoms with van der Waals surface area (Å²) < 4.78 is 5.51. The van der Waals surface area contributed by atoms with Crippen molar-refractivity contribution in [1.82, 2.24) is 10.2 Å². The number of hydrogen-bond acceptors (Lipinski definition) is 3. The second-order valence-electron chi connectivity index (χ2n) is 5.91. The van der Waals surface area contributed by atoms with E-state index >= 15 is 0 Å². The van der Waals surface area contributed by atoms with E-state index in [1.807, 2.05) is 6.07 Å². The van der Waals surface area contributed by atoms with E-state index in [1.54, 1.807) is 7.11 Å². The number of ether oxygens (including phenoxy) is 1. The summed E-state index contributed by atoms with van der Waals surface area (Å²) in [6.45, 7) is 10.0. The van der Waals surface area contributed by atoms with Gasteiger partial charge in [-0.25, -0.2) is 0 Å². The molecule has 1 aromatic rings. The van der Waals surface area contributed by atoms with Crippen LogP contribution in [0.3, 0.4) is 0 Å². The highest BCUT2D eigenvalue weighted by molar-refractivity contribution is 5.33. The molecule has 112 valence electrons. The van der Waals surface area contributed by atoms with Gasteiger partial charge in [0.25, 0.3) is 0 Å². The lowest BCUT2D eigenvalue weighted by Crippen LogP contribution is -2.63. The third-order valence-corrected chi connectivity index (χ3v) is 4.81. The van der Waals surface area contributed by atoms with Crippen LogP contribution < -0.4 is 10.1 Å². The summed E-state index contributed by atoms with van der Waals surface area (Å²) >= 11 is 0. The Morgan fingerprint density at radius 1 is 1.30 bits per heavy atom. The Hall–Kier alpha value is -1.06. The first-order valence-electron chi connectivity index (χ1n) is 7.75. The minimum absolute atomic E-state index is 0.271. The molecule has 1 aromatic carbocycles. The molecule has 0 aromatic heterocycles. The molecular weight excluding hydrogens is 248 g/mol. The highest BCUT2D eigenvalue weighted by Gasteiger charge is 2.37. The molecule has 1 aliphatic heterocycles. The molecule has 0 spiro atoms. The molecule has 0 bridgehead atoms. The number of piperazine rings is 1. The van der Waals surface area contributed by atoms with Crippen LogP contribution in [0, 0.1) is 0 Å². The van der Waals surface area contributed by atoms with Gasteiger partial charge < -0.3 is 10.1 Å². The molecule has 1 atom stereocenters. The van der Waals surface area contributed by atoms with E-state index in [-0.39, 0.29) is 5.54 Å². The van der Waals surface area contributed by atoms with Gasteiger partial charge in [-0.1, -0.05) is 32.0 Å². The molecule has 1 heterocycles. The maximum absolute atomic E-state index is 5.51. The lowest BCUT2D eigenvalue weighted by molar-refractivity contribution is 0.0273. The van der Waals surface area contributed by atoms with E-state index in [4.69, 9.17) is 4.74 Å². The number of nitrogens with zero attached hydrogens (tertiary/aromatic N) is 1. The van der Waals surface area contributed by atoms with Crippen molar-refractivity contribution in [3.8, 4) is 5.75 Å². The van der Waals surface area contributed by atoms with E-state index in [9.17, 15) is 0 Å². The Morgan fingerprint density at radius 2 is 2.00 bits per heavy atom. The average Bonchev–Trinajstić information content (AvgIpc) is 2.49. The van der Waals surface area contributed by atoms with Gasteiger partial charge in [0.15, 0.2) is 0 Å². The Labute approximate surface area is 123 Å². The molecule has 3 heteroatoms. The fourth-order valence-corrected chi connectivity index (χ4v) is 3.28. The predicted octanol–water partition coefficient (Wildman–Crippen LogP) is 3.05. The van der Waals surface area contributed by atoms with Gasteiger partial charge in [0.1, 0.15) is 5.75 Å². The van der Waals surface area contributed by atoms with Crippen LogP contribution in [-0.4, -0.2) is 36.7 Å². The molecule has 1 saturated heterocycles. The molecule has 2 rings (SSSR count). The molecule has 3 nitrogen and oxygen atoms in total. The van der Waals surface area contributed by atoms with Gasteiger partial charge in [-0.3, -0.25) is 4.90 Å². The van der Waals surface area contributed by atoms with Crippen LogP contribution in [-0.2, 0) is 6.54 Å². The Bertz CT molecular complexity index is 429. The molecule has 0 radical (unpaired) electrons. The van der Waals surface area contributed by atoms with Crippen molar-refractivity contribution in [1.29, 1.82) is 0 Å². The number of nitrogens with one attached hydrogen (secondary N) is 1. The van der Waals surface area contributed by atoms with Crippen LogP contribution in [0.2, 0.25) is 0 Å². The Kier molecular flexibility index (Phi) is 5.06. The van der Waals surface area contributed by atoms with Gasteiger partial charge in [-0.05, 0) is 25.8 Å². The van der Waals surface area contributed by atoms with Crippen molar-refractivity contribution in [3.63, 3.8) is 0 Å². The van der Waals surface area contributed by atoms with Crippen LogP contribution in [0.15, 0.2) is 24.3 Å². The van der Waals surface area contributed by atoms with Crippen molar-refractivity contribution in [3.05, 3.63) is 29.8 Å². The fourth-order valence-electron chi connectivity index (χ4n) is 3.28. The van der Waals surface area contributed by atoms with Crippen molar-refractivity contribution >= 4 is 0 Å². The fraction of sp³-hybridized carbons (Fsp3) is 0.647. The number of methoxy groups -OCH3 is 1. The summed E-state index contributed by atoms with van der Waals surface area (Å²) in [7, 11) is 1.76. The van der Waals surface area contributed by atoms with E-state index in [0.29, 0.717) is 6.04 Å². The van der Waals surface area contributed by atoms with E-state index < -0.39 is 0 Å². The second kappa shape index (κ2) is 6.59. The van der Waals surface area contributed by atoms with Crippen LogP contribution in [0.1, 0.15) is 39.2 Å². The summed E-state index contributed by atoms with van der Waals surface area (Å²) in [6.07, 6.45) is 2.36. The zero-order valence-electron chi connectivity index (χ0n) is 13.3. The van der Waals surface area contributed by atoms with Gasteiger partial charge in [0.2, 0.25) is 0 Å². The van der Waals surface area contributed by atoms with Crippen molar-refractivity contribution < 1.29 is 4.74 Å². The zero-order valence-corrected chi connectivity index (χ0v) is 13.3. The molecular formula is C17H28N2O. The first kappa shape index (κ1) is 15.3. The first-order valence-corrected chi connectivity index (χ1v) is 7.75. The maximum Gasteiger partial charge on any atom is 0.123 e. The van der Waals surface area contributed by atoms with E-state index in [0.717, 1.165) is 25.4 Å². The molecule has 1 N–H and O–H groups in total. The third-order valence-electron chi connectivity index (χ3n) is 4.81. The zero-order chi connectivity index (χ0) is 14.6. The van der Waals surface area contributed by atoms with Crippen molar-refractivity contribution in [2.75, 3.05) is 20.2 Å². The molecule has 0 amide bonds. The number of hydrogen-bond donors (Lipinski definition) is 1. The highest BCUT2D eigenvalue weighted by Crippen LogP contribution is 2.30. The lowest BCUT2D eigenvalue weighted by Gasteiger charge is -2.49. The van der Waals surface area contributed by atoms with Gasteiger partial charge in [0.05, 0.1) is 7.11 Å². The SMILES string of the molecule is CCC1(CC)CNC(C)CN1Cc1ccccc1OC.